The number of halogens is 2. The summed E-state index contributed by atoms with van der Waals surface area (Å²) in [6, 6.07) is 5.57. The van der Waals surface area contributed by atoms with E-state index >= 15 is 0 Å². The first-order valence-corrected chi connectivity index (χ1v) is 5.32. The third-order valence-corrected chi connectivity index (χ3v) is 3.31. The van der Waals surface area contributed by atoms with Crippen molar-refractivity contribution in [3.63, 3.8) is 0 Å². The second-order valence-electron chi connectivity index (χ2n) is 4.13. The lowest BCUT2D eigenvalue weighted by Crippen LogP contribution is -2.38. The van der Waals surface area contributed by atoms with E-state index in [1.807, 2.05) is 19.1 Å². The van der Waals surface area contributed by atoms with Gasteiger partial charge in [0.2, 0.25) is 0 Å². The van der Waals surface area contributed by atoms with Gasteiger partial charge >= 0.3 is 0 Å². The first-order valence-electron chi connectivity index (χ1n) is 4.57. The number of nitrogens with two attached hydrogens (primary N) is 1. The largest absolute Gasteiger partial charge is 0.327 e. The van der Waals surface area contributed by atoms with E-state index in [0.717, 1.165) is 5.56 Å². The molecule has 1 aromatic rings. The van der Waals surface area contributed by atoms with Crippen molar-refractivity contribution >= 4 is 23.2 Å². The van der Waals surface area contributed by atoms with Crippen LogP contribution in [0.1, 0.15) is 26.3 Å². The van der Waals surface area contributed by atoms with E-state index in [2.05, 4.69) is 13.8 Å². The Morgan fingerprint density at radius 1 is 1.29 bits per heavy atom. The van der Waals surface area contributed by atoms with Crippen LogP contribution >= 0.6 is 23.2 Å². The molecule has 1 aromatic carbocycles. The van der Waals surface area contributed by atoms with E-state index in [0.29, 0.717) is 10.0 Å². The maximum absolute atomic E-state index is 6.12. The molecule has 1 atom stereocenters. The summed E-state index contributed by atoms with van der Waals surface area (Å²) < 4.78 is 0. The molecule has 0 aliphatic rings. The molecule has 1 rings (SSSR count). The summed E-state index contributed by atoms with van der Waals surface area (Å²) in [7, 11) is 0. The number of hydrogen-bond donors (Lipinski definition) is 1. The normalized spacial score (nSPS) is 14.1. The van der Waals surface area contributed by atoms with Gasteiger partial charge in [-0.05, 0) is 24.6 Å². The highest BCUT2D eigenvalue weighted by atomic mass is 35.5. The van der Waals surface area contributed by atoms with Crippen molar-refractivity contribution < 1.29 is 0 Å². The maximum atomic E-state index is 6.12. The van der Waals surface area contributed by atoms with Crippen molar-refractivity contribution in [2.24, 2.45) is 5.73 Å². The zero-order chi connectivity index (χ0) is 10.9. The summed E-state index contributed by atoms with van der Waals surface area (Å²) in [5, 5.41) is 1.33. The van der Waals surface area contributed by atoms with E-state index < -0.39 is 0 Å². The molecule has 0 heterocycles. The summed E-state index contributed by atoms with van der Waals surface area (Å²) in [6.45, 7) is 6.13. The van der Waals surface area contributed by atoms with Crippen LogP contribution in [-0.4, -0.2) is 6.04 Å². The average molecular weight is 232 g/mol. The Labute approximate surface area is 95.2 Å². The van der Waals surface area contributed by atoms with Gasteiger partial charge < -0.3 is 5.73 Å². The molecular weight excluding hydrogens is 217 g/mol. The van der Waals surface area contributed by atoms with Gasteiger partial charge in [-0.2, -0.15) is 0 Å². The average Bonchev–Trinajstić information content (AvgIpc) is 2.02. The van der Waals surface area contributed by atoms with Crippen LogP contribution in [0.4, 0.5) is 0 Å². The predicted molar refractivity (Wildman–Crippen MR) is 63.1 cm³/mol. The Bertz CT molecular complexity index is 332. The molecule has 0 aromatic heterocycles. The minimum Gasteiger partial charge on any atom is -0.327 e. The molecule has 0 fully saturated rings. The highest BCUT2D eigenvalue weighted by molar-refractivity contribution is 6.35. The summed E-state index contributed by atoms with van der Waals surface area (Å²) >= 11 is 11.9. The van der Waals surface area contributed by atoms with Crippen molar-refractivity contribution in [3.05, 3.63) is 33.8 Å². The third kappa shape index (κ3) is 2.22. The maximum Gasteiger partial charge on any atom is 0.0458 e. The molecule has 0 saturated heterocycles. The van der Waals surface area contributed by atoms with Crippen molar-refractivity contribution in [2.75, 3.05) is 0 Å². The SMILES string of the molecule is CC(N)C(C)(C)c1ccc(Cl)cc1Cl. The molecule has 0 spiro atoms. The van der Waals surface area contributed by atoms with Gasteiger partial charge in [-0.25, -0.2) is 0 Å². The van der Waals surface area contributed by atoms with Gasteiger partial charge in [-0.1, -0.05) is 43.1 Å². The van der Waals surface area contributed by atoms with Gasteiger partial charge in [0.15, 0.2) is 0 Å². The minimum atomic E-state index is -0.137. The van der Waals surface area contributed by atoms with Gasteiger partial charge in [0, 0.05) is 21.5 Å². The first kappa shape index (κ1) is 11.8. The Balaban J connectivity index is 3.19. The van der Waals surface area contributed by atoms with Gasteiger partial charge in [-0.15, -0.1) is 0 Å². The molecular formula is C11H15Cl2N. The molecule has 0 aliphatic heterocycles. The van der Waals surface area contributed by atoms with Crippen LogP contribution in [0.25, 0.3) is 0 Å². The van der Waals surface area contributed by atoms with Crippen LogP contribution in [0.2, 0.25) is 10.0 Å². The molecule has 0 radical (unpaired) electrons. The fraction of sp³-hybridized carbons (Fsp3) is 0.455. The molecule has 1 unspecified atom stereocenters. The van der Waals surface area contributed by atoms with Crippen LogP contribution < -0.4 is 5.73 Å². The van der Waals surface area contributed by atoms with Gasteiger partial charge in [-0.3, -0.25) is 0 Å². The Morgan fingerprint density at radius 2 is 1.86 bits per heavy atom. The molecule has 0 bridgehead atoms. The van der Waals surface area contributed by atoms with E-state index in [1.165, 1.54) is 0 Å². The molecule has 0 aliphatic carbocycles. The fourth-order valence-corrected chi connectivity index (χ4v) is 1.91. The molecule has 1 nitrogen and oxygen atoms in total. The van der Waals surface area contributed by atoms with E-state index in [1.54, 1.807) is 6.07 Å². The zero-order valence-corrected chi connectivity index (χ0v) is 10.2. The van der Waals surface area contributed by atoms with Crippen molar-refractivity contribution in [1.29, 1.82) is 0 Å². The Morgan fingerprint density at radius 3 is 2.29 bits per heavy atom. The van der Waals surface area contributed by atoms with Gasteiger partial charge in [0.1, 0.15) is 0 Å². The lowest BCUT2D eigenvalue weighted by molar-refractivity contribution is 0.434. The highest BCUT2D eigenvalue weighted by Gasteiger charge is 2.27. The highest BCUT2D eigenvalue weighted by Crippen LogP contribution is 2.33. The van der Waals surface area contributed by atoms with Crippen LogP contribution in [-0.2, 0) is 5.41 Å². The number of benzene rings is 1. The van der Waals surface area contributed by atoms with Crippen LogP contribution in [0, 0.1) is 0 Å². The second-order valence-corrected chi connectivity index (χ2v) is 4.98. The second kappa shape index (κ2) is 4.09. The number of hydrogen-bond acceptors (Lipinski definition) is 1. The number of rotatable bonds is 2. The lowest BCUT2D eigenvalue weighted by atomic mass is 9.79. The third-order valence-electron chi connectivity index (χ3n) is 2.76. The van der Waals surface area contributed by atoms with Crippen LogP contribution in [0.3, 0.4) is 0 Å². The minimum absolute atomic E-state index is 0.0428. The van der Waals surface area contributed by atoms with Crippen LogP contribution in [0.5, 0.6) is 0 Å². The van der Waals surface area contributed by atoms with E-state index in [4.69, 9.17) is 28.9 Å². The van der Waals surface area contributed by atoms with Crippen molar-refractivity contribution in [2.45, 2.75) is 32.2 Å². The van der Waals surface area contributed by atoms with Crippen molar-refractivity contribution in [3.8, 4) is 0 Å². The van der Waals surface area contributed by atoms with E-state index in [9.17, 15) is 0 Å². The summed E-state index contributed by atoms with van der Waals surface area (Å²) in [5.41, 5.74) is 6.82. The summed E-state index contributed by atoms with van der Waals surface area (Å²) in [4.78, 5) is 0. The standard InChI is InChI=1S/C11H15Cl2N/c1-7(14)11(2,3)9-5-4-8(12)6-10(9)13/h4-7H,14H2,1-3H3. The summed E-state index contributed by atoms with van der Waals surface area (Å²) in [6.07, 6.45) is 0. The molecule has 14 heavy (non-hydrogen) atoms. The van der Waals surface area contributed by atoms with Crippen LogP contribution in [0.15, 0.2) is 18.2 Å². The monoisotopic (exact) mass is 231 g/mol. The topological polar surface area (TPSA) is 26.0 Å². The summed E-state index contributed by atoms with van der Waals surface area (Å²) in [5.74, 6) is 0. The molecule has 2 N–H and O–H groups in total. The first-order chi connectivity index (χ1) is 6.35. The Kier molecular flexibility index (Phi) is 3.46. The van der Waals surface area contributed by atoms with Gasteiger partial charge in [0.05, 0.1) is 0 Å². The molecule has 78 valence electrons. The van der Waals surface area contributed by atoms with E-state index in [-0.39, 0.29) is 11.5 Å². The quantitative estimate of drug-likeness (QED) is 0.827. The molecule has 0 amide bonds. The van der Waals surface area contributed by atoms with Crippen molar-refractivity contribution in [1.82, 2.24) is 0 Å². The van der Waals surface area contributed by atoms with Gasteiger partial charge in [0.25, 0.3) is 0 Å². The lowest BCUT2D eigenvalue weighted by Gasteiger charge is -2.30. The predicted octanol–water partition coefficient (Wildman–Crippen LogP) is 3.62. The fourth-order valence-electron chi connectivity index (χ4n) is 1.26. The molecule has 3 heteroatoms. The molecule has 0 saturated carbocycles. The smallest absolute Gasteiger partial charge is 0.0458 e. The zero-order valence-electron chi connectivity index (χ0n) is 8.64. The Hall–Kier alpha value is -0.240.